The fourth-order valence-corrected chi connectivity index (χ4v) is 5.17. The predicted molar refractivity (Wildman–Crippen MR) is 123 cm³/mol. The minimum Gasteiger partial charge on any atom is -0.497 e. The third-order valence-electron chi connectivity index (χ3n) is 5.64. The van der Waals surface area contributed by atoms with Crippen molar-refractivity contribution in [3.63, 3.8) is 0 Å². The van der Waals surface area contributed by atoms with Gasteiger partial charge in [-0.05, 0) is 54.3 Å². The van der Waals surface area contributed by atoms with Gasteiger partial charge in [-0.2, -0.15) is 0 Å². The summed E-state index contributed by atoms with van der Waals surface area (Å²) in [5, 5.41) is 28.3. The van der Waals surface area contributed by atoms with Crippen LogP contribution in [0.1, 0.15) is 34.1 Å². The number of anilines is 2. The Bertz CT molecular complexity index is 1280. The normalized spacial score (nSPS) is 15.2. The average Bonchev–Trinajstić information content (AvgIpc) is 3.40. The molecular formula is C24H21N3O3S. The molecule has 0 aliphatic heterocycles. The van der Waals surface area contributed by atoms with E-state index in [1.807, 2.05) is 48.7 Å². The highest BCUT2D eigenvalue weighted by molar-refractivity contribution is 7.19. The number of oxime groups is 1. The molecule has 2 aromatic carbocycles. The Hall–Kier alpha value is -3.42. The molecule has 1 unspecified atom stereocenters. The van der Waals surface area contributed by atoms with Crippen LogP contribution in [0.15, 0.2) is 66.1 Å². The Balaban J connectivity index is 1.55. The molecular weight excluding hydrogens is 410 g/mol. The van der Waals surface area contributed by atoms with Crippen LogP contribution in [0.5, 0.6) is 5.75 Å². The number of nitrogens with zero attached hydrogens (tertiary/aromatic N) is 2. The molecule has 5 rings (SSSR count). The number of aryl methyl sites for hydroxylation is 1. The number of rotatable bonds is 5. The van der Waals surface area contributed by atoms with Crippen LogP contribution in [0.2, 0.25) is 0 Å². The van der Waals surface area contributed by atoms with Gasteiger partial charge in [0, 0.05) is 29.0 Å². The largest absolute Gasteiger partial charge is 0.497 e. The van der Waals surface area contributed by atoms with Crippen LogP contribution in [-0.4, -0.2) is 28.1 Å². The molecule has 31 heavy (non-hydrogen) atoms. The summed E-state index contributed by atoms with van der Waals surface area (Å²) in [6, 6.07) is 15.5. The second kappa shape index (κ2) is 8.02. The van der Waals surface area contributed by atoms with E-state index in [0.717, 1.165) is 67.3 Å². The van der Waals surface area contributed by atoms with Crippen LogP contribution < -0.4 is 10.1 Å². The lowest BCUT2D eigenvalue weighted by molar-refractivity contribution is 0.225. The lowest BCUT2D eigenvalue weighted by Crippen LogP contribution is -2.02. The van der Waals surface area contributed by atoms with Gasteiger partial charge in [0.2, 0.25) is 0 Å². The van der Waals surface area contributed by atoms with Crippen molar-refractivity contribution in [3.05, 3.63) is 82.5 Å². The number of methoxy groups -OCH3 is 1. The van der Waals surface area contributed by atoms with Crippen molar-refractivity contribution in [2.75, 3.05) is 12.4 Å². The predicted octanol–water partition coefficient (Wildman–Crippen LogP) is 5.25. The Kier molecular flexibility index (Phi) is 5.05. The number of hydrogen-bond acceptors (Lipinski definition) is 7. The zero-order valence-electron chi connectivity index (χ0n) is 16.9. The van der Waals surface area contributed by atoms with Crippen LogP contribution in [0.4, 0.5) is 11.4 Å². The fourth-order valence-electron chi connectivity index (χ4n) is 4.02. The van der Waals surface area contributed by atoms with E-state index in [1.165, 1.54) is 11.3 Å². The lowest BCUT2D eigenvalue weighted by atomic mass is 10.1. The number of nitrogens with one attached hydrogen (secondary N) is 1. The van der Waals surface area contributed by atoms with Crippen molar-refractivity contribution in [1.82, 2.24) is 4.98 Å². The van der Waals surface area contributed by atoms with E-state index in [2.05, 4.69) is 21.5 Å². The first-order chi connectivity index (χ1) is 15.2. The summed E-state index contributed by atoms with van der Waals surface area (Å²) in [5.41, 5.74) is 5.46. The van der Waals surface area contributed by atoms with Gasteiger partial charge in [0.05, 0.1) is 28.1 Å². The van der Waals surface area contributed by atoms with Crippen LogP contribution >= 0.6 is 11.3 Å². The average molecular weight is 432 g/mol. The highest BCUT2D eigenvalue weighted by Crippen LogP contribution is 2.43. The van der Waals surface area contributed by atoms with Gasteiger partial charge < -0.3 is 20.4 Å². The van der Waals surface area contributed by atoms with Gasteiger partial charge in [-0.1, -0.05) is 23.4 Å². The van der Waals surface area contributed by atoms with Gasteiger partial charge in [-0.3, -0.25) is 4.98 Å². The molecule has 1 aliphatic carbocycles. The fraction of sp³-hybridized carbons (Fsp3) is 0.167. The zero-order valence-corrected chi connectivity index (χ0v) is 17.7. The third kappa shape index (κ3) is 3.52. The van der Waals surface area contributed by atoms with Crippen molar-refractivity contribution in [3.8, 4) is 5.75 Å². The summed E-state index contributed by atoms with van der Waals surface area (Å²) in [7, 11) is 1.62. The molecule has 1 aliphatic rings. The van der Waals surface area contributed by atoms with Crippen molar-refractivity contribution in [1.29, 1.82) is 0 Å². The van der Waals surface area contributed by atoms with Crippen molar-refractivity contribution in [2.24, 2.45) is 5.16 Å². The minimum atomic E-state index is -0.784. The molecule has 7 heteroatoms. The molecule has 4 aromatic rings. The topological polar surface area (TPSA) is 87.0 Å². The van der Waals surface area contributed by atoms with Crippen molar-refractivity contribution in [2.45, 2.75) is 18.9 Å². The number of ether oxygens (including phenoxy) is 1. The molecule has 0 radical (unpaired) electrons. The first-order valence-electron chi connectivity index (χ1n) is 9.97. The summed E-state index contributed by atoms with van der Waals surface area (Å²) in [6.07, 6.45) is 4.38. The summed E-state index contributed by atoms with van der Waals surface area (Å²) in [4.78, 5) is 5.07. The summed E-state index contributed by atoms with van der Waals surface area (Å²) in [5.74, 6) is 0.749. The lowest BCUT2D eigenvalue weighted by Gasteiger charge is -2.15. The molecule has 0 fully saturated rings. The van der Waals surface area contributed by atoms with Gasteiger partial charge >= 0.3 is 0 Å². The van der Waals surface area contributed by atoms with Gasteiger partial charge in [0.1, 0.15) is 11.9 Å². The number of aliphatic hydroxyl groups is 1. The van der Waals surface area contributed by atoms with E-state index in [9.17, 15) is 10.3 Å². The molecule has 156 valence electrons. The molecule has 0 saturated heterocycles. The smallest absolute Gasteiger partial charge is 0.118 e. The maximum Gasteiger partial charge on any atom is 0.118 e. The Labute approximate surface area is 183 Å². The number of pyridine rings is 1. The first-order valence-corrected chi connectivity index (χ1v) is 10.8. The summed E-state index contributed by atoms with van der Waals surface area (Å²) < 4.78 is 6.24. The minimum absolute atomic E-state index is 0.726. The van der Waals surface area contributed by atoms with Crippen molar-refractivity contribution >= 4 is 38.5 Å². The molecule has 0 amide bonds. The second-order valence-electron chi connectivity index (χ2n) is 7.43. The van der Waals surface area contributed by atoms with Gasteiger partial charge in [-0.25, -0.2) is 0 Å². The molecule has 0 spiro atoms. The van der Waals surface area contributed by atoms with Gasteiger partial charge in [0.25, 0.3) is 0 Å². The molecule has 0 bridgehead atoms. The number of benzene rings is 2. The number of aromatic nitrogens is 1. The van der Waals surface area contributed by atoms with E-state index in [1.54, 1.807) is 13.3 Å². The maximum absolute atomic E-state index is 11.2. The quantitative estimate of drug-likeness (QED) is 0.297. The summed E-state index contributed by atoms with van der Waals surface area (Å²) >= 11 is 1.53. The van der Waals surface area contributed by atoms with E-state index >= 15 is 0 Å². The second-order valence-corrected chi connectivity index (χ2v) is 8.52. The standard InChI is InChI=1S/C24H21N3O3S/c1-30-17-6-2-14(3-7-17)23(28)24-22(19-10-11-25-13-21(19)31-24)26-16-5-8-18-15(12-16)4-9-20(18)27-29/h2-3,5-8,10-13,23,26,28-29H,4,9H2,1H3/b27-20-. The van der Waals surface area contributed by atoms with E-state index in [-0.39, 0.29) is 0 Å². The highest BCUT2D eigenvalue weighted by atomic mass is 32.1. The number of aliphatic hydroxyl groups excluding tert-OH is 1. The van der Waals surface area contributed by atoms with E-state index < -0.39 is 6.10 Å². The number of hydrogen-bond donors (Lipinski definition) is 3. The van der Waals surface area contributed by atoms with Crippen LogP contribution in [0.25, 0.3) is 10.1 Å². The summed E-state index contributed by atoms with van der Waals surface area (Å²) in [6.45, 7) is 0. The van der Waals surface area contributed by atoms with Crippen LogP contribution in [0, 0.1) is 0 Å². The van der Waals surface area contributed by atoms with E-state index in [0.29, 0.717) is 0 Å². The van der Waals surface area contributed by atoms with E-state index in [4.69, 9.17) is 4.74 Å². The third-order valence-corrected chi connectivity index (χ3v) is 6.83. The molecule has 1 atom stereocenters. The van der Waals surface area contributed by atoms with Crippen molar-refractivity contribution < 1.29 is 15.1 Å². The van der Waals surface area contributed by atoms with Crippen LogP contribution in [-0.2, 0) is 6.42 Å². The molecule has 6 nitrogen and oxygen atoms in total. The van der Waals surface area contributed by atoms with Gasteiger partial charge in [-0.15, -0.1) is 11.3 Å². The zero-order chi connectivity index (χ0) is 21.4. The monoisotopic (exact) mass is 431 g/mol. The molecule has 3 N–H and O–H groups in total. The Morgan fingerprint density at radius 2 is 1.97 bits per heavy atom. The Morgan fingerprint density at radius 1 is 1.13 bits per heavy atom. The number of thiophene rings is 1. The van der Waals surface area contributed by atoms with Gasteiger partial charge in [0.15, 0.2) is 0 Å². The molecule has 2 aromatic heterocycles. The molecule has 0 saturated carbocycles. The maximum atomic E-state index is 11.2. The molecule has 2 heterocycles. The first kappa shape index (κ1) is 19.5. The number of fused-ring (bicyclic) bond motifs is 2. The SMILES string of the molecule is COc1ccc(C(O)c2sc3cnccc3c2Nc2ccc3c(c2)CC/C3=N/O)cc1. The Morgan fingerprint density at radius 3 is 2.74 bits per heavy atom. The van der Waals surface area contributed by atoms with Crippen LogP contribution in [0.3, 0.4) is 0 Å². The highest BCUT2D eigenvalue weighted by Gasteiger charge is 2.22.